The van der Waals surface area contributed by atoms with Gasteiger partial charge in [-0.2, -0.15) is 0 Å². The molecule has 0 aromatic heterocycles. The molecule has 7 aliphatic rings. The van der Waals surface area contributed by atoms with Crippen LogP contribution in [-0.2, 0) is 68.3 Å². The maximum absolute atomic E-state index is 16.0. The lowest BCUT2D eigenvalue weighted by Gasteiger charge is -2.67. The minimum absolute atomic E-state index is 0.0187. The summed E-state index contributed by atoms with van der Waals surface area (Å²) >= 11 is 0. The van der Waals surface area contributed by atoms with Gasteiger partial charge in [-0.25, -0.2) is 9.59 Å². The maximum atomic E-state index is 16.0. The van der Waals surface area contributed by atoms with Crippen molar-refractivity contribution in [2.45, 2.75) is 178 Å². The average Bonchev–Trinajstić information content (AvgIpc) is 1.52. The Labute approximate surface area is 515 Å². The molecule has 0 spiro atoms. The number of hydrogen-bond donors (Lipinski definition) is 5. The van der Waals surface area contributed by atoms with E-state index in [1.165, 1.54) is 52.0 Å². The highest BCUT2D eigenvalue weighted by Crippen LogP contribution is 2.65. The van der Waals surface area contributed by atoms with Crippen molar-refractivity contribution < 1.29 is 91.9 Å². The van der Waals surface area contributed by atoms with Gasteiger partial charge in [0.25, 0.3) is 5.91 Å². The summed E-state index contributed by atoms with van der Waals surface area (Å²) < 4.78 is 43.7. The van der Waals surface area contributed by atoms with Gasteiger partial charge < -0.3 is 58.9 Å². The van der Waals surface area contributed by atoms with Crippen LogP contribution >= 0.6 is 0 Å². The molecule has 2 bridgehead atoms. The number of ether oxygens (including phenoxy) is 7. The van der Waals surface area contributed by atoms with Crippen LogP contribution in [0.1, 0.15) is 149 Å². The van der Waals surface area contributed by atoms with Gasteiger partial charge in [0.05, 0.1) is 48.6 Å². The number of aryl methyl sites for hydroxylation is 1. The highest BCUT2D eigenvalue weighted by atomic mass is 16.6. The van der Waals surface area contributed by atoms with Crippen LogP contribution in [0.3, 0.4) is 0 Å². The Morgan fingerprint density at radius 2 is 1.39 bits per heavy atom. The van der Waals surface area contributed by atoms with Crippen LogP contribution in [0.5, 0.6) is 5.75 Å². The summed E-state index contributed by atoms with van der Waals surface area (Å²) in [6.45, 7) is 9.80. The minimum atomic E-state index is -2.53. The predicted octanol–water partition coefficient (Wildman–Crippen LogP) is 7.21. The van der Waals surface area contributed by atoms with Crippen molar-refractivity contribution in [1.82, 2.24) is 5.32 Å². The van der Waals surface area contributed by atoms with Crippen LogP contribution in [0.2, 0.25) is 0 Å². The molecule has 6 aliphatic carbocycles. The minimum Gasteiger partial charge on any atom is -0.508 e. The van der Waals surface area contributed by atoms with E-state index in [-0.39, 0.29) is 64.4 Å². The van der Waals surface area contributed by atoms with Crippen molar-refractivity contribution in [2.24, 2.45) is 34.0 Å². The van der Waals surface area contributed by atoms with E-state index in [1.807, 2.05) is 13.0 Å². The van der Waals surface area contributed by atoms with E-state index >= 15 is 9.59 Å². The number of phenolic OH excluding ortho intramolecular Hbond substituents is 1. The van der Waals surface area contributed by atoms with Gasteiger partial charge in [0.15, 0.2) is 17.5 Å². The number of phenols is 1. The van der Waals surface area contributed by atoms with E-state index in [0.29, 0.717) is 19.3 Å². The number of amides is 1. The fourth-order valence-corrected chi connectivity index (χ4v) is 16.6. The molecule has 20 nitrogen and oxygen atoms in total. The quantitative estimate of drug-likeness (QED) is 0.0446. The van der Waals surface area contributed by atoms with E-state index in [1.54, 1.807) is 78.9 Å². The first kappa shape index (κ1) is 62.8. The molecule has 11 rings (SSSR count). The van der Waals surface area contributed by atoms with Crippen LogP contribution in [0.25, 0.3) is 0 Å². The van der Waals surface area contributed by atoms with Gasteiger partial charge in [-0.15, -0.1) is 0 Å². The Morgan fingerprint density at radius 1 is 0.742 bits per heavy atom. The van der Waals surface area contributed by atoms with Crippen molar-refractivity contribution in [3.8, 4) is 5.75 Å². The van der Waals surface area contributed by atoms with Crippen molar-refractivity contribution >= 4 is 47.5 Å². The third-order valence-electron chi connectivity index (χ3n) is 21.1. The molecule has 89 heavy (non-hydrogen) atoms. The van der Waals surface area contributed by atoms with Crippen molar-refractivity contribution in [3.05, 3.63) is 148 Å². The second kappa shape index (κ2) is 23.9. The summed E-state index contributed by atoms with van der Waals surface area (Å²) in [5, 5.41) is 51.2. The molecule has 17 atom stereocenters. The highest BCUT2D eigenvalue weighted by Gasteiger charge is 2.78. The predicted molar refractivity (Wildman–Crippen MR) is 315 cm³/mol. The van der Waals surface area contributed by atoms with Crippen LogP contribution in [0.4, 0.5) is 0 Å². The van der Waals surface area contributed by atoms with E-state index in [4.69, 9.17) is 33.2 Å². The second-order valence-electron chi connectivity index (χ2n) is 26.4. The van der Waals surface area contributed by atoms with Gasteiger partial charge in [-0.1, -0.05) is 93.6 Å². The number of esters is 6. The second-order valence-corrected chi connectivity index (χ2v) is 26.4. The van der Waals surface area contributed by atoms with E-state index in [9.17, 15) is 49.2 Å². The molecule has 0 radical (unpaired) electrons. The van der Waals surface area contributed by atoms with E-state index in [2.05, 4.69) is 5.32 Å². The monoisotopic (exact) mass is 1220 g/mol. The largest absolute Gasteiger partial charge is 0.508 e. The number of aromatic hydroxyl groups is 1. The number of benzene rings is 4. The summed E-state index contributed by atoms with van der Waals surface area (Å²) in [6.07, 6.45) is -10.5. The molecule has 1 saturated heterocycles. The molecule has 4 saturated carbocycles. The molecule has 0 unspecified atom stereocenters. The van der Waals surface area contributed by atoms with Crippen LogP contribution in [0, 0.1) is 34.0 Å². The van der Waals surface area contributed by atoms with Crippen LogP contribution in [-0.4, -0.2) is 135 Å². The standard InChI is InChI=1S/C69H77NO19/c1-36-47(34-69(82)61(88-63(80)41-21-15-10-16-22-41)59-67(7,50(75)32-51-68(59,35-83-51)89-38(3)72)60(78)57(84-37(2)71)55(36)65(69,4)5)86-64(81)58(56(39-17-11-8-12-18-39)70-62(79)40-19-13-9-14-20-40)87-53(77)30-29-52(76)85-48-33-66(6)46(27-28-49(66)74)45-25-23-42-31-43(73)24-26-44(42)54(45)48/h8-22,24,26,31,45-51,54,56-59,61,73-75,82H,23,25,27-30,32-35H2,1-7H3,(H,70,79)/t45-,46-,47-,48+,49-,50-,51+,54+,56-,57+,58-,59-,61-,66-,67+,68-,69+/m0/s1. The lowest BCUT2D eigenvalue weighted by Crippen LogP contribution is -2.82. The topological polar surface area (TPSA) is 294 Å². The van der Waals surface area contributed by atoms with Crippen molar-refractivity contribution in [1.29, 1.82) is 0 Å². The third-order valence-corrected chi connectivity index (χ3v) is 21.1. The van der Waals surface area contributed by atoms with Gasteiger partial charge in [0.2, 0.25) is 6.10 Å². The number of nitrogens with one attached hydrogen (secondary N) is 1. The summed E-state index contributed by atoms with van der Waals surface area (Å²) in [5.74, 6) is -9.07. The van der Waals surface area contributed by atoms with Gasteiger partial charge in [-0.3, -0.25) is 28.8 Å². The summed E-state index contributed by atoms with van der Waals surface area (Å²) in [7, 11) is 0. The first-order valence-electron chi connectivity index (χ1n) is 30.6. The van der Waals surface area contributed by atoms with Gasteiger partial charge >= 0.3 is 35.8 Å². The van der Waals surface area contributed by atoms with Gasteiger partial charge in [0, 0.05) is 49.0 Å². The first-order chi connectivity index (χ1) is 42.2. The Kier molecular flexibility index (Phi) is 16.8. The molecule has 20 heteroatoms. The third kappa shape index (κ3) is 10.9. The molecule has 5 fully saturated rings. The van der Waals surface area contributed by atoms with Crippen LogP contribution in [0.15, 0.2) is 120 Å². The first-order valence-corrected chi connectivity index (χ1v) is 30.6. The molecule has 1 aliphatic heterocycles. The number of Topliss-reactive ketones (excluding diaryl/α,β-unsaturated/α-hetero) is 1. The number of carbonyl (C=O) groups is 8. The fourth-order valence-electron chi connectivity index (χ4n) is 16.6. The van der Waals surface area contributed by atoms with Crippen molar-refractivity contribution in [3.63, 3.8) is 0 Å². The molecule has 4 aromatic carbocycles. The molecule has 472 valence electrons. The number of carbonyl (C=O) groups excluding carboxylic acids is 8. The van der Waals surface area contributed by atoms with Gasteiger partial charge in [-0.05, 0) is 122 Å². The zero-order valence-corrected chi connectivity index (χ0v) is 50.9. The number of ketones is 1. The molecule has 5 N–H and O–H groups in total. The number of hydrogen-bond acceptors (Lipinski definition) is 19. The highest BCUT2D eigenvalue weighted by molar-refractivity contribution is 5.96. The number of fused-ring (bicyclic) bond motifs is 10. The smallest absolute Gasteiger partial charge is 0.350 e. The Hall–Kier alpha value is -7.78. The zero-order chi connectivity index (χ0) is 63.7. The van der Waals surface area contributed by atoms with Crippen LogP contribution < -0.4 is 5.32 Å². The normalized spacial score (nSPS) is 33.6. The molecular formula is C69H77NO19. The number of aliphatic hydroxyl groups excluding tert-OH is 2. The summed E-state index contributed by atoms with van der Waals surface area (Å²) in [5.41, 5.74) is -6.54. The lowest BCUT2D eigenvalue weighted by molar-refractivity contribution is -0.346. The summed E-state index contributed by atoms with van der Waals surface area (Å²) in [6, 6.07) is 27.6. The lowest BCUT2D eigenvalue weighted by atomic mass is 9.44. The fraction of sp³-hybridized carbons (Fsp3) is 0.507. The zero-order valence-electron chi connectivity index (χ0n) is 50.9. The maximum Gasteiger partial charge on any atom is 0.350 e. The SMILES string of the molecule is CC(=O)O[C@H]1C(=O)[C@@]2(C)[C@H]([C@H](OC(=O)c3ccccc3)[C@]3(O)C[C@H](OC(=O)[C@@H](OC(=O)CCC(=O)O[C@@H]4C[C@]5(C)[C@@H](O)CC[C@H]5[C@@H]5CCc6cc(O)ccc6[C@H]54)[C@@H](NC(=O)c4ccccc4)c4ccccc4)C(C)=C1C3(C)C)[C@]1(OC(C)=O)CO[C@@H]1C[C@@H]2O. The van der Waals surface area contributed by atoms with E-state index in [0.717, 1.165) is 37.8 Å². The Morgan fingerprint density at radius 3 is 2.03 bits per heavy atom. The van der Waals surface area contributed by atoms with Crippen molar-refractivity contribution in [2.75, 3.05) is 6.61 Å². The molecule has 1 heterocycles. The van der Waals surface area contributed by atoms with E-state index < -0.39 is 155 Å². The molecule has 4 aromatic rings. The Bertz CT molecular complexity index is 3480. The molecular weight excluding hydrogens is 1150 g/mol. The Balaban J connectivity index is 0.967. The number of rotatable bonds is 15. The molecule has 1 amide bonds. The average molecular weight is 1220 g/mol. The van der Waals surface area contributed by atoms with Gasteiger partial charge in [0.1, 0.15) is 41.8 Å². The summed E-state index contributed by atoms with van der Waals surface area (Å²) in [4.78, 5) is 116. The number of aliphatic hydroxyl groups is 3.